The van der Waals surface area contributed by atoms with E-state index in [0.717, 1.165) is 16.0 Å². The SMILES string of the molecule is COc1cc(C(=O)c2c(N3C(=O)c4ccccc4C3=O)c3c(C)cccc3n2C)cc(OC)c1OC. The third kappa shape index (κ3) is 3.18. The Morgan fingerprint density at radius 3 is 1.92 bits per heavy atom. The summed E-state index contributed by atoms with van der Waals surface area (Å²) < 4.78 is 18.0. The van der Waals surface area contributed by atoms with E-state index in [2.05, 4.69) is 0 Å². The van der Waals surface area contributed by atoms with Crippen molar-refractivity contribution in [3.8, 4) is 17.2 Å². The maximum Gasteiger partial charge on any atom is 0.266 e. The standard InChI is InChI=1S/C28H24N2O6/c1-15-9-8-12-19-22(15)23(30-27(32)17-10-6-7-11-18(17)28(30)33)24(29(19)2)25(31)16-13-20(34-3)26(36-5)21(14-16)35-4/h6-14H,1-5H3. The first-order chi connectivity index (χ1) is 17.3. The molecule has 36 heavy (non-hydrogen) atoms. The van der Waals surface area contributed by atoms with Crippen LogP contribution in [0.25, 0.3) is 10.9 Å². The molecule has 1 aliphatic rings. The van der Waals surface area contributed by atoms with Crippen LogP contribution in [0.15, 0.2) is 54.6 Å². The lowest BCUT2D eigenvalue weighted by atomic mass is 10.0. The smallest absolute Gasteiger partial charge is 0.266 e. The van der Waals surface area contributed by atoms with Gasteiger partial charge in [0, 0.05) is 18.0 Å². The van der Waals surface area contributed by atoms with Crippen LogP contribution in [0, 0.1) is 6.92 Å². The summed E-state index contributed by atoms with van der Waals surface area (Å²) in [5.41, 5.74) is 2.87. The van der Waals surface area contributed by atoms with E-state index in [-0.39, 0.29) is 16.9 Å². The van der Waals surface area contributed by atoms with Gasteiger partial charge in [0.05, 0.1) is 43.7 Å². The molecule has 0 radical (unpaired) electrons. The first kappa shape index (κ1) is 23.2. The summed E-state index contributed by atoms with van der Waals surface area (Å²) in [6.45, 7) is 1.89. The van der Waals surface area contributed by atoms with Gasteiger partial charge in [-0.1, -0.05) is 24.3 Å². The van der Waals surface area contributed by atoms with Crippen molar-refractivity contribution in [3.63, 3.8) is 0 Å². The molecule has 0 saturated heterocycles. The molecule has 1 aromatic heterocycles. The van der Waals surface area contributed by atoms with Crippen molar-refractivity contribution in [1.82, 2.24) is 4.57 Å². The van der Waals surface area contributed by atoms with Crippen molar-refractivity contribution in [2.75, 3.05) is 26.2 Å². The lowest BCUT2D eigenvalue weighted by Crippen LogP contribution is -2.31. The Bertz CT molecular complexity index is 1520. The second kappa shape index (κ2) is 8.57. The number of nitrogens with zero attached hydrogens (tertiary/aromatic N) is 2. The lowest BCUT2D eigenvalue weighted by molar-refractivity contribution is 0.0926. The van der Waals surface area contributed by atoms with Crippen molar-refractivity contribution >= 4 is 34.2 Å². The molecule has 5 rings (SSSR count). The van der Waals surface area contributed by atoms with Crippen LogP contribution in [-0.4, -0.2) is 43.5 Å². The number of ether oxygens (including phenoxy) is 3. The van der Waals surface area contributed by atoms with Gasteiger partial charge >= 0.3 is 0 Å². The Hall–Kier alpha value is -4.59. The number of hydrogen-bond donors (Lipinski definition) is 0. The van der Waals surface area contributed by atoms with E-state index in [1.54, 1.807) is 48.0 Å². The van der Waals surface area contributed by atoms with Crippen molar-refractivity contribution in [1.29, 1.82) is 0 Å². The predicted molar refractivity (Wildman–Crippen MR) is 135 cm³/mol. The Kier molecular flexibility index (Phi) is 5.51. The van der Waals surface area contributed by atoms with Crippen LogP contribution in [0.4, 0.5) is 5.69 Å². The number of hydrogen-bond acceptors (Lipinski definition) is 6. The third-order valence-corrected chi connectivity index (χ3v) is 6.57. The molecule has 3 aromatic carbocycles. The number of carbonyl (C=O) groups is 3. The Labute approximate surface area is 207 Å². The van der Waals surface area contributed by atoms with E-state index in [0.29, 0.717) is 33.8 Å². The second-order valence-electron chi connectivity index (χ2n) is 8.46. The Morgan fingerprint density at radius 2 is 1.39 bits per heavy atom. The van der Waals surface area contributed by atoms with Gasteiger partial charge in [0.2, 0.25) is 11.5 Å². The fourth-order valence-corrected chi connectivity index (χ4v) is 4.86. The predicted octanol–water partition coefficient (Wildman–Crippen LogP) is 4.54. The number of benzene rings is 3. The van der Waals surface area contributed by atoms with Gasteiger partial charge in [-0.3, -0.25) is 14.4 Å². The summed E-state index contributed by atoms with van der Waals surface area (Å²) in [6, 6.07) is 15.4. The average Bonchev–Trinajstić information content (AvgIpc) is 3.33. The summed E-state index contributed by atoms with van der Waals surface area (Å²) >= 11 is 0. The van der Waals surface area contributed by atoms with Gasteiger partial charge in [0.25, 0.3) is 11.8 Å². The Balaban J connectivity index is 1.80. The van der Waals surface area contributed by atoms with Crippen molar-refractivity contribution < 1.29 is 28.6 Å². The normalized spacial score (nSPS) is 12.8. The number of anilines is 1. The second-order valence-corrected chi connectivity index (χ2v) is 8.46. The highest BCUT2D eigenvalue weighted by Gasteiger charge is 2.41. The molecule has 0 N–H and O–H groups in total. The van der Waals surface area contributed by atoms with E-state index in [1.165, 1.54) is 21.3 Å². The molecule has 0 saturated carbocycles. The first-order valence-corrected chi connectivity index (χ1v) is 11.2. The maximum absolute atomic E-state index is 14.1. The largest absolute Gasteiger partial charge is 0.493 e. The molecule has 2 heterocycles. The van der Waals surface area contributed by atoms with Gasteiger partial charge in [-0.15, -0.1) is 0 Å². The number of aromatic nitrogens is 1. The molecule has 8 nitrogen and oxygen atoms in total. The number of carbonyl (C=O) groups excluding carboxylic acids is 3. The topological polar surface area (TPSA) is 87.1 Å². The van der Waals surface area contributed by atoms with E-state index in [9.17, 15) is 14.4 Å². The molecule has 0 fully saturated rings. The number of rotatable bonds is 6. The molecular formula is C28H24N2O6. The zero-order chi connectivity index (χ0) is 25.7. The summed E-state index contributed by atoms with van der Waals surface area (Å²) in [5.74, 6) is -0.352. The van der Waals surface area contributed by atoms with Gasteiger partial charge in [0.1, 0.15) is 5.69 Å². The fraction of sp³-hybridized carbons (Fsp3) is 0.179. The molecule has 0 bridgehead atoms. The molecule has 0 aliphatic carbocycles. The van der Waals surface area contributed by atoms with Crippen molar-refractivity contribution in [3.05, 3.63) is 82.5 Å². The average molecular weight is 485 g/mol. The van der Waals surface area contributed by atoms with Crippen molar-refractivity contribution in [2.24, 2.45) is 7.05 Å². The quantitative estimate of drug-likeness (QED) is 0.295. The molecule has 0 spiro atoms. The number of methoxy groups -OCH3 is 3. The van der Waals surface area contributed by atoms with Crippen LogP contribution in [0.2, 0.25) is 0 Å². The highest BCUT2D eigenvalue weighted by Crippen LogP contribution is 2.43. The van der Waals surface area contributed by atoms with Crippen LogP contribution in [0.5, 0.6) is 17.2 Å². The van der Waals surface area contributed by atoms with Crippen LogP contribution in [0.3, 0.4) is 0 Å². The minimum absolute atomic E-state index is 0.197. The molecule has 1 aliphatic heterocycles. The van der Waals surface area contributed by atoms with E-state index < -0.39 is 17.6 Å². The molecule has 0 unspecified atom stereocenters. The minimum atomic E-state index is -0.467. The molecule has 182 valence electrons. The van der Waals surface area contributed by atoms with Gasteiger partial charge < -0.3 is 18.8 Å². The molecule has 2 amide bonds. The third-order valence-electron chi connectivity index (χ3n) is 6.57. The molecular weight excluding hydrogens is 460 g/mol. The van der Waals surface area contributed by atoms with E-state index in [1.807, 2.05) is 25.1 Å². The summed E-state index contributed by atoms with van der Waals surface area (Å²) in [6.07, 6.45) is 0. The lowest BCUT2D eigenvalue weighted by Gasteiger charge is -2.18. The van der Waals surface area contributed by atoms with Gasteiger partial charge in [-0.05, 0) is 42.8 Å². The minimum Gasteiger partial charge on any atom is -0.493 e. The zero-order valence-corrected chi connectivity index (χ0v) is 20.5. The maximum atomic E-state index is 14.1. The van der Waals surface area contributed by atoms with Gasteiger partial charge in [-0.2, -0.15) is 0 Å². The Morgan fingerprint density at radius 1 is 0.806 bits per heavy atom. The number of amides is 2. The monoisotopic (exact) mass is 484 g/mol. The fourth-order valence-electron chi connectivity index (χ4n) is 4.86. The number of aryl methyl sites for hydroxylation is 2. The van der Waals surface area contributed by atoms with E-state index >= 15 is 0 Å². The van der Waals surface area contributed by atoms with Crippen LogP contribution < -0.4 is 19.1 Å². The number of imide groups is 1. The molecule has 8 heteroatoms. The highest BCUT2D eigenvalue weighted by molar-refractivity contribution is 6.38. The van der Waals surface area contributed by atoms with E-state index in [4.69, 9.17) is 14.2 Å². The number of fused-ring (bicyclic) bond motifs is 2. The molecule has 4 aromatic rings. The van der Waals surface area contributed by atoms with Crippen LogP contribution in [-0.2, 0) is 7.05 Å². The zero-order valence-electron chi connectivity index (χ0n) is 20.5. The van der Waals surface area contributed by atoms with Gasteiger partial charge in [-0.25, -0.2) is 4.90 Å². The number of ketones is 1. The van der Waals surface area contributed by atoms with Crippen LogP contribution >= 0.6 is 0 Å². The van der Waals surface area contributed by atoms with Gasteiger partial charge in [0.15, 0.2) is 11.5 Å². The van der Waals surface area contributed by atoms with Crippen LogP contribution in [0.1, 0.15) is 42.3 Å². The van der Waals surface area contributed by atoms with Crippen molar-refractivity contribution in [2.45, 2.75) is 6.92 Å². The molecule has 0 atom stereocenters. The summed E-state index contributed by atoms with van der Waals surface area (Å²) in [5, 5.41) is 0.658. The highest BCUT2D eigenvalue weighted by atomic mass is 16.5. The first-order valence-electron chi connectivity index (χ1n) is 11.2. The summed E-state index contributed by atoms with van der Waals surface area (Å²) in [7, 11) is 6.16. The summed E-state index contributed by atoms with van der Waals surface area (Å²) in [4.78, 5) is 42.2.